The number of rotatable bonds is 11. The van der Waals surface area contributed by atoms with E-state index in [0.717, 1.165) is 29.5 Å². The summed E-state index contributed by atoms with van der Waals surface area (Å²) in [5.74, 6) is 0.231. The molecule has 0 radical (unpaired) electrons. The molecule has 214 valence electrons. The minimum Gasteiger partial charge on any atom is -0.492 e. The maximum atomic E-state index is 12.6. The number of benzene rings is 3. The molecular weight excluding hydrogens is 550 g/mol. The number of hydrogen-bond donors (Lipinski definition) is 1. The van der Waals surface area contributed by atoms with Gasteiger partial charge in [-0.3, -0.25) is 9.10 Å². The van der Waals surface area contributed by atoms with Crippen molar-refractivity contribution in [1.29, 1.82) is 0 Å². The van der Waals surface area contributed by atoms with Crippen LogP contribution in [0, 0.1) is 13.8 Å². The average molecular weight is 586 g/mol. The Hall–Kier alpha value is -3.41. The number of ether oxygens (including phenoxy) is 1. The molecule has 1 amide bonds. The van der Waals surface area contributed by atoms with E-state index in [1.807, 2.05) is 26.0 Å². The van der Waals surface area contributed by atoms with Gasteiger partial charge < -0.3 is 10.1 Å². The van der Waals surface area contributed by atoms with Crippen LogP contribution in [0.25, 0.3) is 0 Å². The van der Waals surface area contributed by atoms with Crippen molar-refractivity contribution in [2.24, 2.45) is 0 Å². The summed E-state index contributed by atoms with van der Waals surface area (Å²) in [5.41, 5.74) is 3.87. The molecule has 0 spiro atoms. The average Bonchev–Trinajstić information content (AvgIpc) is 3.48. The molecule has 0 atom stereocenters. The van der Waals surface area contributed by atoms with Crippen LogP contribution in [0.5, 0.6) is 5.75 Å². The Morgan fingerprint density at radius 1 is 0.900 bits per heavy atom. The van der Waals surface area contributed by atoms with Crippen LogP contribution in [-0.2, 0) is 26.6 Å². The summed E-state index contributed by atoms with van der Waals surface area (Å²) in [4.78, 5) is 12.8. The minimum absolute atomic E-state index is 0.148. The summed E-state index contributed by atoms with van der Waals surface area (Å²) in [7, 11) is -6.98. The number of carbonyl (C=O) groups is 1. The van der Waals surface area contributed by atoms with Gasteiger partial charge in [0.15, 0.2) is 0 Å². The van der Waals surface area contributed by atoms with Crippen molar-refractivity contribution in [3.05, 3.63) is 89.0 Å². The summed E-state index contributed by atoms with van der Waals surface area (Å²) in [5, 5.41) is 2.79. The highest BCUT2D eigenvalue weighted by Gasteiger charge is 2.27. The quantitative estimate of drug-likeness (QED) is 0.342. The Morgan fingerprint density at radius 3 is 2.15 bits per heavy atom. The topological polar surface area (TPSA) is 113 Å². The first-order valence-electron chi connectivity index (χ1n) is 13.1. The van der Waals surface area contributed by atoms with Crippen LogP contribution in [-0.4, -0.2) is 59.5 Å². The summed E-state index contributed by atoms with van der Waals surface area (Å²) in [6, 6.07) is 18.6. The molecule has 0 unspecified atom stereocenters. The summed E-state index contributed by atoms with van der Waals surface area (Å²) < 4.78 is 58.7. The first-order chi connectivity index (χ1) is 18.9. The van der Waals surface area contributed by atoms with Gasteiger partial charge in [0.05, 0.1) is 29.9 Å². The van der Waals surface area contributed by atoms with E-state index >= 15 is 0 Å². The van der Waals surface area contributed by atoms with Crippen LogP contribution in [0.3, 0.4) is 0 Å². The van der Waals surface area contributed by atoms with Gasteiger partial charge in [0, 0.05) is 18.7 Å². The molecule has 9 nitrogen and oxygen atoms in total. The third kappa shape index (κ3) is 7.21. The lowest BCUT2D eigenvalue weighted by Gasteiger charge is -2.23. The van der Waals surface area contributed by atoms with Crippen molar-refractivity contribution in [3.8, 4) is 5.75 Å². The molecule has 1 aliphatic rings. The van der Waals surface area contributed by atoms with E-state index in [-0.39, 0.29) is 30.5 Å². The van der Waals surface area contributed by atoms with Crippen LogP contribution in [0.1, 0.15) is 39.9 Å². The molecule has 1 fully saturated rings. The van der Waals surface area contributed by atoms with Gasteiger partial charge in [-0.15, -0.1) is 0 Å². The van der Waals surface area contributed by atoms with Gasteiger partial charge in [-0.2, -0.15) is 4.31 Å². The molecule has 0 aromatic heterocycles. The molecule has 11 heteroatoms. The predicted octanol–water partition coefficient (Wildman–Crippen LogP) is 3.86. The van der Waals surface area contributed by atoms with Crippen molar-refractivity contribution >= 4 is 31.6 Å². The smallest absolute Gasteiger partial charge is 0.251 e. The summed E-state index contributed by atoms with van der Waals surface area (Å²) in [6.45, 7) is 5.63. The zero-order valence-electron chi connectivity index (χ0n) is 23.0. The lowest BCUT2D eigenvalue weighted by atomic mass is 10.1. The second-order valence-electron chi connectivity index (χ2n) is 9.92. The van der Waals surface area contributed by atoms with E-state index in [9.17, 15) is 21.6 Å². The Bertz CT molecular complexity index is 1550. The summed E-state index contributed by atoms with van der Waals surface area (Å²) in [6.07, 6.45) is 2.94. The van der Waals surface area contributed by atoms with Crippen LogP contribution < -0.4 is 14.4 Å². The zero-order chi connectivity index (χ0) is 28.9. The Labute approximate surface area is 236 Å². The van der Waals surface area contributed by atoms with Gasteiger partial charge in [0.25, 0.3) is 5.91 Å². The minimum atomic E-state index is -3.52. The highest BCUT2D eigenvalue weighted by Crippen LogP contribution is 2.24. The largest absolute Gasteiger partial charge is 0.492 e. The molecule has 40 heavy (non-hydrogen) atoms. The standard InChI is InChI=1S/C29H35N3O6S2/c1-22-6-11-26(20-23(22)2)32(39(3,34)35)21-24-7-9-25(10-8-24)29(33)30-16-19-38-27-12-14-28(15-13-27)40(36,37)31-17-4-5-18-31/h6-15,20H,4-5,16-19,21H2,1-3H3,(H,30,33). The molecule has 4 rings (SSSR count). The third-order valence-electron chi connectivity index (χ3n) is 6.90. The Kier molecular flexibility index (Phi) is 9.17. The number of hydrogen-bond acceptors (Lipinski definition) is 6. The Morgan fingerprint density at radius 2 is 1.55 bits per heavy atom. The number of anilines is 1. The molecule has 0 saturated carbocycles. The van der Waals surface area contributed by atoms with E-state index in [1.165, 1.54) is 27.0 Å². The van der Waals surface area contributed by atoms with Gasteiger partial charge in [-0.1, -0.05) is 18.2 Å². The van der Waals surface area contributed by atoms with Crippen molar-refractivity contribution in [2.45, 2.75) is 38.1 Å². The van der Waals surface area contributed by atoms with Gasteiger partial charge in [0.2, 0.25) is 20.0 Å². The normalized spacial score (nSPS) is 14.2. The number of nitrogens with one attached hydrogen (secondary N) is 1. The molecule has 1 N–H and O–H groups in total. The molecule has 1 heterocycles. The third-order valence-corrected chi connectivity index (χ3v) is 9.96. The Balaban J connectivity index is 1.28. The number of amides is 1. The fourth-order valence-electron chi connectivity index (χ4n) is 4.43. The maximum absolute atomic E-state index is 12.6. The van der Waals surface area contributed by atoms with Crippen molar-refractivity contribution in [3.63, 3.8) is 0 Å². The van der Waals surface area contributed by atoms with E-state index in [0.29, 0.717) is 30.1 Å². The van der Waals surface area contributed by atoms with Crippen LogP contribution in [0.2, 0.25) is 0 Å². The second kappa shape index (κ2) is 12.4. The molecule has 3 aromatic rings. The van der Waals surface area contributed by atoms with Crippen LogP contribution >= 0.6 is 0 Å². The van der Waals surface area contributed by atoms with Gasteiger partial charge in [0.1, 0.15) is 12.4 Å². The predicted molar refractivity (Wildman–Crippen MR) is 156 cm³/mol. The molecule has 0 aliphatic carbocycles. The SMILES string of the molecule is Cc1ccc(N(Cc2ccc(C(=O)NCCOc3ccc(S(=O)(=O)N4CCCC4)cc3)cc2)S(C)(=O)=O)cc1C. The van der Waals surface area contributed by atoms with Crippen LogP contribution in [0.15, 0.2) is 71.6 Å². The van der Waals surface area contributed by atoms with Gasteiger partial charge >= 0.3 is 0 Å². The molecule has 0 bridgehead atoms. The molecule has 3 aromatic carbocycles. The number of carbonyl (C=O) groups excluding carboxylic acids is 1. The van der Waals surface area contributed by atoms with Crippen molar-refractivity contribution in [1.82, 2.24) is 9.62 Å². The zero-order valence-corrected chi connectivity index (χ0v) is 24.6. The highest BCUT2D eigenvalue weighted by molar-refractivity contribution is 7.92. The van der Waals surface area contributed by atoms with Gasteiger partial charge in [-0.25, -0.2) is 16.8 Å². The molecule has 1 saturated heterocycles. The van der Waals surface area contributed by atoms with Crippen LogP contribution in [0.4, 0.5) is 5.69 Å². The lowest BCUT2D eigenvalue weighted by Crippen LogP contribution is -2.29. The number of aryl methyl sites for hydroxylation is 2. The van der Waals surface area contributed by atoms with Crippen molar-refractivity contribution in [2.75, 3.05) is 36.8 Å². The number of sulfonamides is 2. The van der Waals surface area contributed by atoms with E-state index < -0.39 is 20.0 Å². The first kappa shape index (κ1) is 29.6. The van der Waals surface area contributed by atoms with E-state index in [4.69, 9.17) is 4.74 Å². The molecular formula is C29H35N3O6S2. The molecule has 1 aliphatic heterocycles. The monoisotopic (exact) mass is 585 g/mol. The van der Waals surface area contributed by atoms with E-state index in [1.54, 1.807) is 42.5 Å². The van der Waals surface area contributed by atoms with Gasteiger partial charge in [-0.05, 0) is 91.9 Å². The first-order valence-corrected chi connectivity index (χ1v) is 16.4. The van der Waals surface area contributed by atoms with E-state index in [2.05, 4.69) is 5.32 Å². The van der Waals surface area contributed by atoms with Crippen molar-refractivity contribution < 1.29 is 26.4 Å². The fraction of sp³-hybridized carbons (Fsp3) is 0.345. The fourth-order valence-corrected chi connectivity index (χ4v) is 6.83. The number of nitrogens with zero attached hydrogens (tertiary/aromatic N) is 2. The maximum Gasteiger partial charge on any atom is 0.251 e. The highest BCUT2D eigenvalue weighted by atomic mass is 32.2. The summed E-state index contributed by atoms with van der Waals surface area (Å²) >= 11 is 0. The second-order valence-corrected chi connectivity index (χ2v) is 13.8. The lowest BCUT2D eigenvalue weighted by molar-refractivity contribution is 0.0947.